The van der Waals surface area contributed by atoms with Gasteiger partial charge in [-0.05, 0) is 32.4 Å². The predicted molar refractivity (Wildman–Crippen MR) is 103 cm³/mol. The first-order chi connectivity index (χ1) is 14.2. The maximum Gasteiger partial charge on any atom is 0.418 e. The number of nitrogens with zero attached hydrogens (tertiary/aromatic N) is 2. The molecule has 1 aromatic carbocycles. The van der Waals surface area contributed by atoms with Crippen molar-refractivity contribution in [3.63, 3.8) is 0 Å². The van der Waals surface area contributed by atoms with E-state index in [9.17, 15) is 22.8 Å². The minimum Gasteiger partial charge on any atom is -0.382 e. The van der Waals surface area contributed by atoms with Crippen molar-refractivity contribution >= 4 is 23.4 Å². The van der Waals surface area contributed by atoms with E-state index >= 15 is 0 Å². The minimum atomic E-state index is -4.63. The van der Waals surface area contributed by atoms with Crippen molar-refractivity contribution in [3.05, 3.63) is 41.7 Å². The zero-order chi connectivity index (χ0) is 22.1. The number of hydrogen-bond acceptors (Lipinski definition) is 5. The van der Waals surface area contributed by atoms with Crippen molar-refractivity contribution < 1.29 is 32.0 Å². The number of aromatic nitrogens is 1. The minimum absolute atomic E-state index is 0.102. The molecule has 0 bridgehead atoms. The van der Waals surface area contributed by atoms with Crippen molar-refractivity contribution in [2.45, 2.75) is 26.4 Å². The molecule has 30 heavy (non-hydrogen) atoms. The number of nitrogens with one attached hydrogen (secondary N) is 2. The molecule has 1 heterocycles. The number of ether oxygens (including phenoxy) is 1. The van der Waals surface area contributed by atoms with E-state index in [0.29, 0.717) is 25.4 Å². The third kappa shape index (κ3) is 7.07. The second kappa shape index (κ2) is 10.6. The lowest BCUT2D eigenvalue weighted by Crippen LogP contribution is -2.41. The van der Waals surface area contributed by atoms with Crippen LogP contribution in [0.1, 0.15) is 24.7 Å². The highest BCUT2D eigenvalue weighted by molar-refractivity contribution is 5.96. The number of amides is 3. The number of rotatable bonds is 9. The Kier molecular flexibility index (Phi) is 8.22. The molecule has 0 spiro atoms. The molecule has 0 radical (unpaired) electrons. The van der Waals surface area contributed by atoms with Crippen LogP contribution >= 0.6 is 0 Å². The second-order valence-corrected chi connectivity index (χ2v) is 6.32. The van der Waals surface area contributed by atoms with E-state index in [1.807, 2.05) is 6.92 Å². The lowest BCUT2D eigenvalue weighted by molar-refractivity contribution is -0.137. The molecule has 8 nitrogen and oxygen atoms in total. The van der Waals surface area contributed by atoms with Crippen molar-refractivity contribution in [2.24, 2.45) is 0 Å². The van der Waals surface area contributed by atoms with Crippen LogP contribution in [0.25, 0.3) is 0 Å². The Morgan fingerprint density at radius 1 is 1.23 bits per heavy atom. The van der Waals surface area contributed by atoms with Gasteiger partial charge in [-0.1, -0.05) is 17.3 Å². The topological polar surface area (TPSA) is 96.7 Å². The summed E-state index contributed by atoms with van der Waals surface area (Å²) in [5.41, 5.74) is -1.37. The normalized spacial score (nSPS) is 11.2. The highest BCUT2D eigenvalue weighted by Crippen LogP contribution is 2.34. The number of para-hydroxylation sites is 1. The monoisotopic (exact) mass is 428 g/mol. The SMILES string of the molecule is CCOCCCN(CC(=O)Nc1cc(C)on1)C(=O)Nc1ccccc1C(F)(F)F. The van der Waals surface area contributed by atoms with Crippen LogP contribution in [0.2, 0.25) is 0 Å². The number of halogens is 3. The fourth-order valence-corrected chi connectivity index (χ4v) is 2.57. The van der Waals surface area contributed by atoms with Crippen molar-refractivity contribution in [1.82, 2.24) is 10.1 Å². The summed E-state index contributed by atoms with van der Waals surface area (Å²) in [5.74, 6) is 0.0916. The standard InChI is InChI=1S/C19H23F3N4O4/c1-3-29-10-6-9-26(12-17(27)24-16-11-13(2)30-25-16)18(28)23-15-8-5-4-7-14(15)19(20,21)22/h4-5,7-8,11H,3,6,9-10,12H2,1-2H3,(H,23,28)(H,24,25,27). The molecule has 2 rings (SSSR count). The summed E-state index contributed by atoms with van der Waals surface area (Å²) in [7, 11) is 0. The fourth-order valence-electron chi connectivity index (χ4n) is 2.57. The second-order valence-electron chi connectivity index (χ2n) is 6.32. The van der Waals surface area contributed by atoms with Crippen molar-refractivity contribution in [3.8, 4) is 0 Å². The fraction of sp³-hybridized carbons (Fsp3) is 0.421. The lowest BCUT2D eigenvalue weighted by Gasteiger charge is -2.23. The largest absolute Gasteiger partial charge is 0.418 e. The average Bonchev–Trinajstić information content (AvgIpc) is 3.08. The van der Waals surface area contributed by atoms with E-state index in [-0.39, 0.29) is 12.4 Å². The summed E-state index contributed by atoms with van der Waals surface area (Å²) in [6.07, 6.45) is -4.23. The van der Waals surface area contributed by atoms with Gasteiger partial charge in [-0.2, -0.15) is 13.2 Å². The van der Waals surface area contributed by atoms with Crippen LogP contribution in [0.3, 0.4) is 0 Å². The zero-order valence-electron chi connectivity index (χ0n) is 16.6. The number of carbonyl (C=O) groups excluding carboxylic acids is 2. The molecule has 0 aliphatic carbocycles. The van der Waals surface area contributed by atoms with Gasteiger partial charge in [0.1, 0.15) is 12.3 Å². The van der Waals surface area contributed by atoms with Crippen LogP contribution in [0, 0.1) is 6.92 Å². The third-order valence-corrected chi connectivity index (χ3v) is 3.91. The number of aryl methyl sites for hydroxylation is 1. The van der Waals surface area contributed by atoms with E-state index in [0.717, 1.165) is 17.0 Å². The summed E-state index contributed by atoms with van der Waals surface area (Å²) in [4.78, 5) is 26.0. The van der Waals surface area contributed by atoms with Gasteiger partial charge in [0.15, 0.2) is 5.82 Å². The molecule has 1 aromatic heterocycles. The van der Waals surface area contributed by atoms with Gasteiger partial charge < -0.3 is 24.8 Å². The number of benzene rings is 1. The molecule has 0 aliphatic heterocycles. The Hall–Kier alpha value is -3.08. The molecule has 3 amide bonds. The van der Waals surface area contributed by atoms with Gasteiger partial charge in [0.05, 0.1) is 11.3 Å². The first-order valence-electron chi connectivity index (χ1n) is 9.23. The number of carbonyl (C=O) groups is 2. The summed E-state index contributed by atoms with van der Waals surface area (Å²) >= 11 is 0. The van der Waals surface area contributed by atoms with E-state index in [1.54, 1.807) is 6.92 Å². The molecule has 2 aromatic rings. The van der Waals surface area contributed by atoms with Gasteiger partial charge in [0, 0.05) is 25.8 Å². The van der Waals surface area contributed by atoms with Gasteiger partial charge in [-0.25, -0.2) is 4.79 Å². The van der Waals surface area contributed by atoms with Gasteiger partial charge in [-0.3, -0.25) is 4.79 Å². The Morgan fingerprint density at radius 2 is 1.97 bits per heavy atom. The maximum absolute atomic E-state index is 13.2. The molecule has 0 atom stereocenters. The van der Waals surface area contributed by atoms with Crippen LogP contribution in [-0.4, -0.2) is 48.3 Å². The molecular weight excluding hydrogens is 405 g/mol. The van der Waals surface area contributed by atoms with Crippen LogP contribution in [-0.2, 0) is 15.7 Å². The van der Waals surface area contributed by atoms with E-state index in [4.69, 9.17) is 9.26 Å². The summed E-state index contributed by atoms with van der Waals surface area (Å²) in [6.45, 7) is 3.99. The highest BCUT2D eigenvalue weighted by atomic mass is 19.4. The Labute approximate surface area is 171 Å². The van der Waals surface area contributed by atoms with Crippen molar-refractivity contribution in [2.75, 3.05) is 36.9 Å². The number of urea groups is 1. The number of hydrogen-bond donors (Lipinski definition) is 2. The molecule has 0 saturated heterocycles. The first-order valence-corrected chi connectivity index (χ1v) is 9.23. The lowest BCUT2D eigenvalue weighted by atomic mass is 10.1. The quantitative estimate of drug-likeness (QED) is 0.591. The average molecular weight is 428 g/mol. The van der Waals surface area contributed by atoms with Crippen LogP contribution < -0.4 is 10.6 Å². The highest BCUT2D eigenvalue weighted by Gasteiger charge is 2.34. The van der Waals surface area contributed by atoms with Gasteiger partial charge in [-0.15, -0.1) is 0 Å². The van der Waals surface area contributed by atoms with Gasteiger partial charge in [0.2, 0.25) is 5.91 Å². The molecule has 0 fully saturated rings. The van der Waals surface area contributed by atoms with Crippen LogP contribution in [0.5, 0.6) is 0 Å². The molecule has 0 aliphatic rings. The van der Waals surface area contributed by atoms with Gasteiger partial charge in [0.25, 0.3) is 0 Å². The summed E-state index contributed by atoms with van der Waals surface area (Å²) in [5, 5.41) is 8.35. The summed E-state index contributed by atoms with van der Waals surface area (Å²) in [6, 6.07) is 5.29. The smallest absolute Gasteiger partial charge is 0.382 e. The molecule has 11 heteroatoms. The summed E-state index contributed by atoms with van der Waals surface area (Å²) < 4.78 is 49.6. The number of anilines is 2. The Morgan fingerprint density at radius 3 is 2.60 bits per heavy atom. The van der Waals surface area contributed by atoms with Crippen LogP contribution in [0.4, 0.5) is 29.5 Å². The van der Waals surface area contributed by atoms with Crippen LogP contribution in [0.15, 0.2) is 34.9 Å². The number of alkyl halides is 3. The van der Waals surface area contributed by atoms with Crippen molar-refractivity contribution in [1.29, 1.82) is 0 Å². The molecule has 0 unspecified atom stereocenters. The Balaban J connectivity index is 2.09. The van der Waals surface area contributed by atoms with E-state index < -0.39 is 35.9 Å². The molecule has 2 N–H and O–H groups in total. The van der Waals surface area contributed by atoms with Gasteiger partial charge >= 0.3 is 12.2 Å². The predicted octanol–water partition coefficient (Wildman–Crippen LogP) is 3.90. The molecule has 164 valence electrons. The zero-order valence-corrected chi connectivity index (χ0v) is 16.6. The third-order valence-electron chi connectivity index (χ3n) is 3.91. The van der Waals surface area contributed by atoms with E-state index in [2.05, 4.69) is 15.8 Å². The van der Waals surface area contributed by atoms with E-state index in [1.165, 1.54) is 18.2 Å². The maximum atomic E-state index is 13.2. The Bertz CT molecular complexity index is 854. The molecular formula is C19H23F3N4O4. The molecule has 0 saturated carbocycles. The first kappa shape index (κ1) is 23.2.